The number of hydrogen-bond acceptors (Lipinski definition) is 7. The van der Waals surface area contributed by atoms with Crippen molar-refractivity contribution in [3.8, 4) is 0 Å². The Balaban J connectivity index is 1.49. The van der Waals surface area contributed by atoms with Gasteiger partial charge in [0.1, 0.15) is 6.54 Å². The standard InChI is InChI=1S/C25H33N3O7S/c1-4-35-25(30)26-10-12-27(13-11-26)36(31,32)20-7-5-19(6-8-20)15-21-18(2)28(16-24(29)33-3)23-9-14-34-17-22(21)23/h5-8H,4,9-17H2,1-3H3. The molecule has 0 atom stereocenters. The third-order valence-corrected chi connectivity index (χ3v) is 8.74. The lowest BCUT2D eigenvalue weighted by molar-refractivity contribution is -0.141. The molecule has 11 heteroatoms. The van der Waals surface area contributed by atoms with E-state index in [1.165, 1.54) is 16.3 Å². The minimum absolute atomic E-state index is 0.158. The Morgan fingerprint density at radius 1 is 1.08 bits per heavy atom. The number of hydrogen-bond donors (Lipinski definition) is 0. The molecule has 3 heterocycles. The number of benzene rings is 1. The molecule has 0 N–H and O–H groups in total. The molecular weight excluding hydrogens is 486 g/mol. The fourth-order valence-electron chi connectivity index (χ4n) is 4.82. The number of rotatable bonds is 7. The van der Waals surface area contributed by atoms with Crippen molar-refractivity contribution in [1.29, 1.82) is 0 Å². The number of nitrogens with zero attached hydrogens (tertiary/aromatic N) is 3. The summed E-state index contributed by atoms with van der Waals surface area (Å²) in [6, 6.07) is 6.92. The van der Waals surface area contributed by atoms with Crippen molar-refractivity contribution < 1.29 is 32.2 Å². The predicted octanol–water partition coefficient (Wildman–Crippen LogP) is 2.10. The van der Waals surface area contributed by atoms with Crippen LogP contribution in [0.3, 0.4) is 0 Å². The van der Waals surface area contributed by atoms with Gasteiger partial charge in [-0.25, -0.2) is 13.2 Å². The number of methoxy groups -OCH3 is 1. The number of aromatic nitrogens is 1. The molecule has 0 saturated carbocycles. The zero-order valence-corrected chi connectivity index (χ0v) is 21.8. The molecule has 0 unspecified atom stereocenters. The fourth-order valence-corrected chi connectivity index (χ4v) is 6.24. The number of ether oxygens (including phenoxy) is 3. The number of amides is 1. The van der Waals surface area contributed by atoms with Gasteiger partial charge in [-0.1, -0.05) is 12.1 Å². The van der Waals surface area contributed by atoms with E-state index in [9.17, 15) is 18.0 Å². The molecule has 1 fully saturated rings. The van der Waals surface area contributed by atoms with Crippen molar-refractivity contribution in [3.63, 3.8) is 0 Å². The fraction of sp³-hybridized carbons (Fsp3) is 0.520. The van der Waals surface area contributed by atoms with Crippen LogP contribution in [0.25, 0.3) is 0 Å². The van der Waals surface area contributed by atoms with E-state index in [4.69, 9.17) is 14.2 Å². The summed E-state index contributed by atoms with van der Waals surface area (Å²) in [7, 11) is -2.29. The first-order valence-electron chi connectivity index (χ1n) is 12.1. The minimum Gasteiger partial charge on any atom is -0.468 e. The van der Waals surface area contributed by atoms with E-state index < -0.39 is 16.1 Å². The average Bonchev–Trinajstić information content (AvgIpc) is 3.15. The molecule has 0 radical (unpaired) electrons. The second-order valence-corrected chi connectivity index (χ2v) is 10.8. The van der Waals surface area contributed by atoms with Gasteiger partial charge in [0.2, 0.25) is 10.0 Å². The predicted molar refractivity (Wildman–Crippen MR) is 131 cm³/mol. The number of sulfonamides is 1. The molecule has 4 rings (SSSR count). The van der Waals surface area contributed by atoms with Gasteiger partial charge in [-0.05, 0) is 43.5 Å². The third kappa shape index (κ3) is 5.28. The van der Waals surface area contributed by atoms with Gasteiger partial charge in [0.05, 0.1) is 31.8 Å². The maximum atomic E-state index is 13.2. The van der Waals surface area contributed by atoms with Gasteiger partial charge in [0, 0.05) is 49.6 Å². The first-order chi connectivity index (χ1) is 17.3. The van der Waals surface area contributed by atoms with E-state index in [-0.39, 0.29) is 37.1 Å². The second kappa shape index (κ2) is 11.0. The number of carbonyl (C=O) groups is 2. The van der Waals surface area contributed by atoms with E-state index in [2.05, 4.69) is 0 Å². The Hall–Kier alpha value is -2.89. The Kier molecular flexibility index (Phi) is 8.01. The van der Waals surface area contributed by atoms with Crippen LogP contribution in [0.15, 0.2) is 29.2 Å². The van der Waals surface area contributed by atoms with Crippen LogP contribution >= 0.6 is 0 Å². The Labute approximate surface area is 211 Å². The first-order valence-corrected chi connectivity index (χ1v) is 13.5. The molecule has 36 heavy (non-hydrogen) atoms. The average molecular weight is 520 g/mol. The molecule has 2 aromatic rings. The molecule has 0 bridgehead atoms. The van der Waals surface area contributed by atoms with Gasteiger partial charge >= 0.3 is 12.1 Å². The molecule has 1 aromatic carbocycles. The summed E-state index contributed by atoms with van der Waals surface area (Å²) in [5, 5.41) is 0. The zero-order chi connectivity index (χ0) is 25.9. The van der Waals surface area contributed by atoms with Gasteiger partial charge in [-0.15, -0.1) is 0 Å². The Bertz CT molecular complexity index is 1210. The number of piperazine rings is 1. The Morgan fingerprint density at radius 2 is 1.78 bits per heavy atom. The molecule has 1 saturated heterocycles. The molecule has 10 nitrogen and oxygen atoms in total. The van der Waals surface area contributed by atoms with Gasteiger partial charge in [0.15, 0.2) is 0 Å². The van der Waals surface area contributed by atoms with Crippen LogP contribution < -0.4 is 0 Å². The zero-order valence-electron chi connectivity index (χ0n) is 21.0. The quantitative estimate of drug-likeness (QED) is 0.516. The summed E-state index contributed by atoms with van der Waals surface area (Å²) >= 11 is 0. The van der Waals surface area contributed by atoms with E-state index in [1.807, 2.05) is 23.6 Å². The molecule has 1 aromatic heterocycles. The highest BCUT2D eigenvalue weighted by Crippen LogP contribution is 2.30. The second-order valence-electron chi connectivity index (χ2n) is 8.86. The van der Waals surface area contributed by atoms with Crippen molar-refractivity contribution in [1.82, 2.24) is 13.8 Å². The van der Waals surface area contributed by atoms with Crippen molar-refractivity contribution in [2.75, 3.05) is 46.5 Å². The lowest BCUT2D eigenvalue weighted by Gasteiger charge is -2.33. The van der Waals surface area contributed by atoms with Crippen LogP contribution in [0.4, 0.5) is 4.79 Å². The van der Waals surface area contributed by atoms with Crippen molar-refractivity contribution in [3.05, 3.63) is 52.3 Å². The van der Waals surface area contributed by atoms with E-state index in [0.29, 0.717) is 32.7 Å². The Morgan fingerprint density at radius 3 is 2.42 bits per heavy atom. The SMILES string of the molecule is CCOC(=O)N1CCN(S(=O)(=O)c2ccc(Cc3c4c(n(CC(=O)OC)c3C)CCOC4)cc2)CC1. The summed E-state index contributed by atoms with van der Waals surface area (Å²) < 4.78 is 45.3. The third-order valence-electron chi connectivity index (χ3n) is 6.83. The maximum Gasteiger partial charge on any atom is 0.409 e. The molecule has 0 aliphatic carbocycles. The lowest BCUT2D eigenvalue weighted by Crippen LogP contribution is -2.50. The molecule has 1 amide bonds. The highest BCUT2D eigenvalue weighted by molar-refractivity contribution is 7.89. The molecule has 2 aliphatic heterocycles. The van der Waals surface area contributed by atoms with Crippen molar-refractivity contribution in [2.45, 2.75) is 44.7 Å². The molecular formula is C25H33N3O7S. The maximum absolute atomic E-state index is 13.2. The summed E-state index contributed by atoms with van der Waals surface area (Å²) in [6.07, 6.45) is 0.917. The monoisotopic (exact) mass is 519 g/mol. The van der Waals surface area contributed by atoms with E-state index in [1.54, 1.807) is 19.1 Å². The first kappa shape index (κ1) is 26.2. The largest absolute Gasteiger partial charge is 0.468 e. The van der Waals surface area contributed by atoms with Crippen LogP contribution in [-0.2, 0) is 55.0 Å². The summed E-state index contributed by atoms with van der Waals surface area (Å²) in [5.74, 6) is -0.299. The van der Waals surface area contributed by atoms with E-state index in [0.717, 1.165) is 34.5 Å². The van der Waals surface area contributed by atoms with Crippen LogP contribution in [-0.4, -0.2) is 80.8 Å². The highest BCUT2D eigenvalue weighted by atomic mass is 32.2. The summed E-state index contributed by atoms with van der Waals surface area (Å²) in [4.78, 5) is 25.6. The van der Waals surface area contributed by atoms with Gasteiger partial charge in [0.25, 0.3) is 0 Å². The minimum atomic E-state index is -3.67. The van der Waals surface area contributed by atoms with Gasteiger partial charge < -0.3 is 23.7 Å². The highest BCUT2D eigenvalue weighted by Gasteiger charge is 2.31. The normalized spacial score (nSPS) is 16.5. The van der Waals surface area contributed by atoms with Crippen LogP contribution in [0.5, 0.6) is 0 Å². The topological polar surface area (TPSA) is 107 Å². The summed E-state index contributed by atoms with van der Waals surface area (Å²) in [5.41, 5.74) is 5.25. The van der Waals surface area contributed by atoms with E-state index >= 15 is 0 Å². The summed E-state index contributed by atoms with van der Waals surface area (Å²) in [6.45, 7) is 6.32. The number of esters is 1. The van der Waals surface area contributed by atoms with Crippen LogP contribution in [0.2, 0.25) is 0 Å². The number of fused-ring (bicyclic) bond motifs is 1. The van der Waals surface area contributed by atoms with Gasteiger partial charge in [-0.3, -0.25) is 4.79 Å². The van der Waals surface area contributed by atoms with Crippen LogP contribution in [0.1, 0.15) is 35.0 Å². The smallest absolute Gasteiger partial charge is 0.409 e. The molecule has 0 spiro atoms. The van der Waals surface area contributed by atoms with Crippen molar-refractivity contribution >= 4 is 22.1 Å². The molecule has 2 aliphatic rings. The number of carbonyl (C=O) groups excluding carboxylic acids is 2. The van der Waals surface area contributed by atoms with Crippen molar-refractivity contribution in [2.24, 2.45) is 0 Å². The molecule has 196 valence electrons. The van der Waals surface area contributed by atoms with Crippen LogP contribution in [0, 0.1) is 6.92 Å². The van der Waals surface area contributed by atoms with Gasteiger partial charge in [-0.2, -0.15) is 4.31 Å². The lowest BCUT2D eigenvalue weighted by atomic mass is 9.99.